The number of carbonyl (C=O) groups excluding carboxylic acids is 2. The number of rotatable bonds is 6. The summed E-state index contributed by atoms with van der Waals surface area (Å²) in [6.45, 7) is 2.78. The van der Waals surface area contributed by atoms with Gasteiger partial charge in [-0.2, -0.15) is 0 Å². The number of carbonyl (C=O) groups is 2. The molecule has 5 rings (SSSR count). The number of benzene rings is 1. The molecule has 2 N–H and O–H groups in total. The first-order valence-electron chi connectivity index (χ1n) is 12.6. The van der Waals surface area contributed by atoms with Gasteiger partial charge in [0.25, 0.3) is 0 Å². The number of piperidine rings is 1. The van der Waals surface area contributed by atoms with Crippen molar-refractivity contribution in [3.8, 4) is 0 Å². The number of hydrogen-bond donors (Lipinski definition) is 1. The van der Waals surface area contributed by atoms with Crippen LogP contribution in [0.4, 0.5) is 4.79 Å². The minimum Gasteiger partial charge on any atom is -0.447 e. The van der Waals surface area contributed by atoms with Crippen LogP contribution in [0.15, 0.2) is 24.3 Å². The van der Waals surface area contributed by atoms with Gasteiger partial charge in [-0.3, -0.25) is 9.69 Å². The summed E-state index contributed by atoms with van der Waals surface area (Å²) in [5, 5.41) is 0.684. The van der Waals surface area contributed by atoms with Crippen LogP contribution in [-0.4, -0.2) is 59.6 Å². The normalized spacial score (nSPS) is 24.5. The van der Waals surface area contributed by atoms with Crippen molar-refractivity contribution in [2.24, 2.45) is 17.1 Å². The average molecular weight is 511 g/mol. The Hall–Kier alpha value is -1.50. The number of ether oxygens (including phenoxy) is 1. The fraction of sp³-hybridized carbons (Fsp3) is 0.692. The van der Waals surface area contributed by atoms with Crippen LogP contribution in [0.3, 0.4) is 0 Å². The van der Waals surface area contributed by atoms with Crippen molar-refractivity contribution in [2.45, 2.75) is 75.8 Å². The van der Waals surface area contributed by atoms with Crippen LogP contribution in [0.25, 0.3) is 0 Å². The van der Waals surface area contributed by atoms with Gasteiger partial charge in [-0.25, -0.2) is 4.79 Å². The zero-order chi connectivity index (χ0) is 23.1. The lowest BCUT2D eigenvalue weighted by atomic mass is 9.63. The minimum atomic E-state index is -0.545. The summed E-state index contributed by atoms with van der Waals surface area (Å²) in [6, 6.07) is 7.00. The van der Waals surface area contributed by atoms with Gasteiger partial charge < -0.3 is 15.4 Å². The highest BCUT2D eigenvalue weighted by molar-refractivity contribution is 6.30. The molecule has 0 aromatic heterocycles. The summed E-state index contributed by atoms with van der Waals surface area (Å²) in [5.74, 6) is 0.650. The topological polar surface area (TPSA) is 75.9 Å². The highest BCUT2D eigenvalue weighted by atomic mass is 35.5. The Morgan fingerprint density at radius 1 is 1.09 bits per heavy atom. The molecule has 2 aliphatic heterocycles. The molecule has 2 amide bonds. The van der Waals surface area contributed by atoms with E-state index in [1.807, 2.05) is 29.2 Å². The molecular weight excluding hydrogens is 473 g/mol. The Labute approximate surface area is 213 Å². The van der Waals surface area contributed by atoms with E-state index in [2.05, 4.69) is 4.90 Å². The fourth-order valence-corrected chi connectivity index (χ4v) is 6.56. The van der Waals surface area contributed by atoms with Crippen LogP contribution in [-0.2, 0) is 16.0 Å². The van der Waals surface area contributed by atoms with Crippen molar-refractivity contribution in [3.63, 3.8) is 0 Å². The van der Waals surface area contributed by atoms with Gasteiger partial charge in [-0.15, -0.1) is 12.4 Å². The molecule has 0 radical (unpaired) electrons. The first kappa shape index (κ1) is 25.6. The lowest BCUT2D eigenvalue weighted by molar-refractivity contribution is -0.136. The standard InChI is InChI=1S/C26H36ClN3O3.ClH/c27-21-8-6-19(7-9-21)16-22(28)23(31)29-14-12-25(13-15-29,20-4-2-1-3-5-20)17-30-24(32)33-18-26(30)10-11-26;/h6-9,20,22H,1-5,10-18,28H2;1H/t22-;/m1./s1. The summed E-state index contributed by atoms with van der Waals surface area (Å²) in [6.07, 6.45) is 10.7. The first-order valence-corrected chi connectivity index (χ1v) is 13.0. The zero-order valence-corrected chi connectivity index (χ0v) is 21.4. The maximum absolute atomic E-state index is 13.2. The molecular formula is C26H37Cl2N3O3. The van der Waals surface area contributed by atoms with E-state index in [4.69, 9.17) is 22.1 Å². The molecule has 0 unspecified atom stereocenters. The monoisotopic (exact) mass is 509 g/mol. The number of likely N-dealkylation sites (tertiary alicyclic amines) is 1. The molecule has 1 aromatic carbocycles. The molecule has 0 bridgehead atoms. The van der Waals surface area contributed by atoms with Crippen LogP contribution < -0.4 is 5.73 Å². The largest absolute Gasteiger partial charge is 0.447 e. The van der Waals surface area contributed by atoms with Gasteiger partial charge in [0.15, 0.2) is 0 Å². The molecule has 4 fully saturated rings. The van der Waals surface area contributed by atoms with Gasteiger partial charge >= 0.3 is 6.09 Å². The predicted octanol–water partition coefficient (Wildman–Crippen LogP) is 4.81. The van der Waals surface area contributed by atoms with Crippen molar-refractivity contribution in [2.75, 3.05) is 26.2 Å². The van der Waals surface area contributed by atoms with Crippen LogP contribution >= 0.6 is 24.0 Å². The number of nitrogens with two attached hydrogens (primary N) is 1. The lowest BCUT2D eigenvalue weighted by Gasteiger charge is -2.50. The van der Waals surface area contributed by atoms with Gasteiger partial charge in [0, 0.05) is 24.7 Å². The van der Waals surface area contributed by atoms with Crippen molar-refractivity contribution in [3.05, 3.63) is 34.9 Å². The van der Waals surface area contributed by atoms with Crippen molar-refractivity contribution < 1.29 is 14.3 Å². The van der Waals surface area contributed by atoms with Crippen LogP contribution in [0, 0.1) is 11.3 Å². The Bertz CT molecular complexity index is 876. The van der Waals surface area contributed by atoms with E-state index in [0.29, 0.717) is 24.0 Å². The van der Waals surface area contributed by atoms with E-state index >= 15 is 0 Å². The smallest absolute Gasteiger partial charge is 0.410 e. The first-order chi connectivity index (χ1) is 15.9. The van der Waals surface area contributed by atoms with Crippen LogP contribution in [0.2, 0.25) is 5.02 Å². The highest BCUT2D eigenvalue weighted by Gasteiger charge is 2.59. The minimum absolute atomic E-state index is 0. The van der Waals surface area contributed by atoms with Gasteiger partial charge in [-0.1, -0.05) is 43.0 Å². The molecule has 8 heteroatoms. The molecule has 1 aromatic rings. The summed E-state index contributed by atoms with van der Waals surface area (Å²) in [5.41, 5.74) is 7.40. The molecule has 2 saturated carbocycles. The Morgan fingerprint density at radius 3 is 2.35 bits per heavy atom. The van der Waals surface area contributed by atoms with Gasteiger partial charge in [0.05, 0.1) is 11.6 Å². The molecule has 6 nitrogen and oxygen atoms in total. The third-order valence-electron chi connectivity index (χ3n) is 8.79. The number of nitrogens with zero attached hydrogens (tertiary/aromatic N) is 2. The number of amides is 2. The molecule has 4 aliphatic rings. The SMILES string of the molecule is Cl.N[C@H](Cc1ccc(Cl)cc1)C(=O)N1CCC(CN2C(=O)OCC23CC3)(C2CCCCC2)CC1. The van der Waals surface area contributed by atoms with Gasteiger partial charge in [-0.05, 0) is 74.0 Å². The maximum atomic E-state index is 13.2. The van der Waals surface area contributed by atoms with Crippen molar-refractivity contribution >= 4 is 36.0 Å². The van der Waals surface area contributed by atoms with Crippen molar-refractivity contribution in [1.82, 2.24) is 9.80 Å². The van der Waals surface area contributed by atoms with E-state index in [-0.39, 0.29) is 35.4 Å². The molecule has 1 atom stereocenters. The quantitative estimate of drug-likeness (QED) is 0.596. The van der Waals surface area contributed by atoms with Crippen molar-refractivity contribution in [1.29, 1.82) is 0 Å². The summed E-state index contributed by atoms with van der Waals surface area (Å²) in [4.78, 5) is 29.8. The third kappa shape index (κ3) is 5.05. The molecule has 2 heterocycles. The Balaban J connectivity index is 0.00000274. The van der Waals surface area contributed by atoms with E-state index in [1.165, 1.54) is 32.1 Å². The van der Waals surface area contributed by atoms with Crippen LogP contribution in [0.1, 0.15) is 63.4 Å². The van der Waals surface area contributed by atoms with E-state index in [1.54, 1.807) is 0 Å². The number of hydrogen-bond acceptors (Lipinski definition) is 4. The Morgan fingerprint density at radius 2 is 1.74 bits per heavy atom. The fourth-order valence-electron chi connectivity index (χ4n) is 6.43. The second-order valence-corrected chi connectivity index (χ2v) is 11.3. The Kier molecular flexibility index (Phi) is 7.70. The lowest BCUT2D eigenvalue weighted by Crippen LogP contribution is -2.55. The van der Waals surface area contributed by atoms with E-state index < -0.39 is 6.04 Å². The molecule has 188 valence electrons. The average Bonchev–Trinajstić information content (AvgIpc) is 3.57. The number of cyclic esters (lactones) is 1. The second kappa shape index (κ2) is 10.2. The van der Waals surface area contributed by atoms with Gasteiger partial charge in [0.2, 0.25) is 5.91 Å². The zero-order valence-electron chi connectivity index (χ0n) is 19.8. The van der Waals surface area contributed by atoms with Crippen LogP contribution in [0.5, 0.6) is 0 Å². The summed E-state index contributed by atoms with van der Waals surface area (Å²) < 4.78 is 5.47. The third-order valence-corrected chi connectivity index (χ3v) is 9.04. The molecule has 34 heavy (non-hydrogen) atoms. The van der Waals surface area contributed by atoms with Gasteiger partial charge in [0.1, 0.15) is 6.61 Å². The molecule has 2 aliphatic carbocycles. The summed E-state index contributed by atoms with van der Waals surface area (Å²) >= 11 is 5.98. The van der Waals surface area contributed by atoms with E-state index in [9.17, 15) is 9.59 Å². The molecule has 2 saturated heterocycles. The predicted molar refractivity (Wildman–Crippen MR) is 135 cm³/mol. The molecule has 1 spiro atoms. The maximum Gasteiger partial charge on any atom is 0.410 e. The summed E-state index contributed by atoms with van der Waals surface area (Å²) in [7, 11) is 0. The highest BCUT2D eigenvalue weighted by Crippen LogP contribution is 2.52. The second-order valence-electron chi connectivity index (χ2n) is 10.8. The number of halogens is 2. The van der Waals surface area contributed by atoms with E-state index in [0.717, 1.165) is 50.9 Å².